The van der Waals surface area contributed by atoms with E-state index < -0.39 is 49.7 Å². The van der Waals surface area contributed by atoms with E-state index >= 15 is 0 Å². The zero-order valence-electron chi connectivity index (χ0n) is 16.7. The fourth-order valence-electron chi connectivity index (χ4n) is 1.85. The van der Waals surface area contributed by atoms with Gasteiger partial charge < -0.3 is 13.9 Å². The number of alkyl halides is 5. The molecule has 0 aliphatic heterocycles. The van der Waals surface area contributed by atoms with E-state index in [1.807, 2.05) is 0 Å². The summed E-state index contributed by atoms with van der Waals surface area (Å²) < 4.78 is 83.3. The highest BCUT2D eigenvalue weighted by atomic mass is 28.4. The van der Waals surface area contributed by atoms with Crippen LogP contribution in [-0.4, -0.2) is 49.7 Å². The zero-order valence-corrected chi connectivity index (χ0v) is 17.7. The molecular weight excluding hydrogens is 395 g/mol. The molecule has 0 saturated heterocycles. The summed E-state index contributed by atoms with van der Waals surface area (Å²) >= 11 is 0. The summed E-state index contributed by atoms with van der Waals surface area (Å²) in [4.78, 5) is 25.1. The Kier molecular flexibility index (Phi) is 7.65. The Morgan fingerprint density at radius 3 is 1.70 bits per heavy atom. The van der Waals surface area contributed by atoms with Gasteiger partial charge in [-0.1, -0.05) is 6.92 Å². The van der Waals surface area contributed by atoms with Crippen molar-refractivity contribution in [2.24, 2.45) is 0 Å². The average Bonchev–Trinajstić information content (AvgIpc) is 2.39. The molecule has 2 unspecified atom stereocenters. The maximum atomic E-state index is 14.6. The van der Waals surface area contributed by atoms with Gasteiger partial charge >= 0.3 is 29.6 Å². The number of hydrogen-bond acceptors (Lipinski definition) is 5. The van der Waals surface area contributed by atoms with Crippen LogP contribution in [0, 0.1) is 0 Å². The molecule has 11 heteroatoms. The minimum Gasteiger partial charge on any atom is -0.460 e. The quantitative estimate of drug-likeness (QED) is 0.262. The minimum atomic E-state index is -6.27. The fraction of sp³-hybridized carbons (Fsp3) is 0.875. The molecule has 0 fully saturated rings. The largest absolute Gasteiger partial charge is 0.460 e. The first-order chi connectivity index (χ1) is 11.7. The molecule has 0 aromatic carbocycles. The summed E-state index contributed by atoms with van der Waals surface area (Å²) in [6.07, 6.45) is -7.16. The molecule has 2 atom stereocenters. The normalized spacial score (nSPS) is 17.1. The van der Waals surface area contributed by atoms with Crippen LogP contribution in [0.4, 0.5) is 22.0 Å². The first kappa shape index (κ1) is 25.8. The second-order valence-corrected chi connectivity index (χ2v) is 12.5. The molecule has 0 aliphatic carbocycles. The van der Waals surface area contributed by atoms with E-state index in [1.54, 1.807) is 0 Å². The summed E-state index contributed by atoms with van der Waals surface area (Å²) in [6, 6.07) is 0. The molecule has 27 heavy (non-hydrogen) atoms. The molecule has 0 spiro atoms. The lowest BCUT2D eigenvalue weighted by Crippen LogP contribution is -2.71. The van der Waals surface area contributed by atoms with Crippen LogP contribution in [0.5, 0.6) is 0 Å². The molecule has 0 aliphatic rings. The highest BCUT2D eigenvalue weighted by Crippen LogP contribution is 2.48. The smallest absolute Gasteiger partial charge is 0.457 e. The standard InChI is InChI=1S/C16H27F5O5Si/c1-9-10(2)24-11(22)14(26-27(6,7)8,12(23)25-13(3,4)5)15(17,18)16(19,20)21/h10H,9H2,1-8H3. The van der Waals surface area contributed by atoms with Gasteiger partial charge in [0.05, 0.1) is 6.10 Å². The topological polar surface area (TPSA) is 61.8 Å². The Morgan fingerprint density at radius 1 is 0.963 bits per heavy atom. The van der Waals surface area contributed by atoms with Gasteiger partial charge in [-0.15, -0.1) is 0 Å². The van der Waals surface area contributed by atoms with Crippen molar-refractivity contribution < 1.29 is 45.4 Å². The predicted molar refractivity (Wildman–Crippen MR) is 89.9 cm³/mol. The molecule has 0 rings (SSSR count). The predicted octanol–water partition coefficient (Wildman–Crippen LogP) is 4.46. The molecule has 0 radical (unpaired) electrons. The number of hydrogen-bond donors (Lipinski definition) is 0. The number of ether oxygens (including phenoxy) is 2. The minimum absolute atomic E-state index is 0.126. The molecular formula is C16H27F5O5Si. The van der Waals surface area contributed by atoms with Crippen molar-refractivity contribution in [2.45, 2.75) is 90.1 Å². The van der Waals surface area contributed by atoms with Crippen LogP contribution in [0.15, 0.2) is 0 Å². The van der Waals surface area contributed by atoms with E-state index in [-0.39, 0.29) is 6.42 Å². The maximum Gasteiger partial charge on any atom is 0.457 e. The Morgan fingerprint density at radius 2 is 1.41 bits per heavy atom. The molecule has 0 aromatic heterocycles. The summed E-state index contributed by atoms with van der Waals surface area (Å²) in [6.45, 7) is 10.4. The van der Waals surface area contributed by atoms with Gasteiger partial charge in [-0.2, -0.15) is 22.0 Å². The van der Waals surface area contributed by atoms with Gasteiger partial charge in [0.1, 0.15) is 5.60 Å². The van der Waals surface area contributed by atoms with E-state index in [2.05, 4.69) is 0 Å². The van der Waals surface area contributed by atoms with E-state index in [4.69, 9.17) is 13.9 Å². The van der Waals surface area contributed by atoms with Crippen molar-refractivity contribution in [3.63, 3.8) is 0 Å². The fourth-order valence-corrected chi connectivity index (χ4v) is 3.06. The molecule has 160 valence electrons. The monoisotopic (exact) mass is 422 g/mol. The molecule has 0 aromatic rings. The first-order valence-corrected chi connectivity index (χ1v) is 11.7. The van der Waals surface area contributed by atoms with E-state index in [1.165, 1.54) is 54.3 Å². The van der Waals surface area contributed by atoms with Crippen LogP contribution >= 0.6 is 0 Å². The van der Waals surface area contributed by atoms with Gasteiger partial charge in [0.15, 0.2) is 8.32 Å². The number of carbonyl (C=O) groups excluding carboxylic acids is 2. The molecule has 0 amide bonds. The van der Waals surface area contributed by atoms with Gasteiger partial charge in [-0.3, -0.25) is 0 Å². The zero-order chi connectivity index (χ0) is 22.1. The molecule has 5 nitrogen and oxygen atoms in total. The number of halogens is 5. The third-order valence-corrected chi connectivity index (χ3v) is 4.03. The second-order valence-electron chi connectivity index (χ2n) is 8.09. The molecule has 0 heterocycles. The summed E-state index contributed by atoms with van der Waals surface area (Å²) in [5.74, 6) is -10.2. The summed E-state index contributed by atoms with van der Waals surface area (Å²) in [5.41, 5.74) is -5.75. The van der Waals surface area contributed by atoms with Gasteiger partial charge in [-0.05, 0) is 53.8 Å². The Hall–Kier alpha value is -1.23. The van der Waals surface area contributed by atoms with Gasteiger partial charge in [0.2, 0.25) is 0 Å². The van der Waals surface area contributed by atoms with Crippen LogP contribution in [0.3, 0.4) is 0 Å². The van der Waals surface area contributed by atoms with Gasteiger partial charge in [-0.25, -0.2) is 9.59 Å². The lowest BCUT2D eigenvalue weighted by Gasteiger charge is -2.41. The third kappa shape index (κ3) is 6.13. The first-order valence-electron chi connectivity index (χ1n) is 8.30. The Balaban J connectivity index is 6.74. The van der Waals surface area contributed by atoms with Crippen LogP contribution in [0.1, 0.15) is 41.0 Å². The van der Waals surface area contributed by atoms with E-state index in [9.17, 15) is 31.5 Å². The van der Waals surface area contributed by atoms with Gasteiger partial charge in [0.25, 0.3) is 0 Å². The summed E-state index contributed by atoms with van der Waals surface area (Å²) in [7, 11) is -3.33. The Labute approximate surface area is 156 Å². The lowest BCUT2D eigenvalue weighted by molar-refractivity contribution is -0.331. The number of esters is 2. The highest BCUT2D eigenvalue weighted by Gasteiger charge is 2.80. The summed E-state index contributed by atoms with van der Waals surface area (Å²) in [5, 5.41) is 0. The number of rotatable bonds is 7. The van der Waals surface area contributed by atoms with Crippen molar-refractivity contribution in [3.05, 3.63) is 0 Å². The highest BCUT2D eigenvalue weighted by molar-refractivity contribution is 6.70. The third-order valence-electron chi connectivity index (χ3n) is 3.11. The maximum absolute atomic E-state index is 14.6. The SMILES string of the molecule is CCC(C)OC(=O)C(O[Si](C)(C)C)(C(=O)OC(C)(C)C)C(F)(F)C(F)(F)F. The Bertz CT molecular complexity index is 551. The van der Waals surface area contributed by atoms with E-state index in [0.717, 1.165) is 0 Å². The van der Waals surface area contributed by atoms with Crippen molar-refractivity contribution >= 4 is 20.3 Å². The van der Waals surface area contributed by atoms with Crippen molar-refractivity contribution in [1.29, 1.82) is 0 Å². The van der Waals surface area contributed by atoms with E-state index in [0.29, 0.717) is 0 Å². The van der Waals surface area contributed by atoms with Crippen molar-refractivity contribution in [2.75, 3.05) is 0 Å². The van der Waals surface area contributed by atoms with Crippen LogP contribution in [0.25, 0.3) is 0 Å². The number of carbonyl (C=O) groups is 2. The van der Waals surface area contributed by atoms with Crippen molar-refractivity contribution in [1.82, 2.24) is 0 Å². The van der Waals surface area contributed by atoms with Crippen LogP contribution in [-0.2, 0) is 23.5 Å². The molecule has 0 saturated carbocycles. The second kappa shape index (κ2) is 8.02. The molecule has 0 bridgehead atoms. The van der Waals surface area contributed by atoms with Gasteiger partial charge in [0, 0.05) is 0 Å². The van der Waals surface area contributed by atoms with Crippen molar-refractivity contribution in [3.8, 4) is 0 Å². The lowest BCUT2D eigenvalue weighted by atomic mass is 9.94. The average molecular weight is 422 g/mol. The van der Waals surface area contributed by atoms with Crippen LogP contribution in [0.2, 0.25) is 19.6 Å². The molecule has 0 N–H and O–H groups in total. The van der Waals surface area contributed by atoms with Crippen LogP contribution < -0.4 is 0 Å².